The molecule has 1 unspecified atom stereocenters. The van der Waals surface area contributed by atoms with Gasteiger partial charge in [0.25, 0.3) is 0 Å². The minimum absolute atomic E-state index is 0.0794. The summed E-state index contributed by atoms with van der Waals surface area (Å²) in [5, 5.41) is 18.6. The van der Waals surface area contributed by atoms with E-state index in [1.807, 2.05) is 13.8 Å². The van der Waals surface area contributed by atoms with Crippen molar-refractivity contribution in [1.29, 1.82) is 0 Å². The lowest BCUT2D eigenvalue weighted by Gasteiger charge is -2.22. The predicted molar refractivity (Wildman–Crippen MR) is 66.2 cm³/mol. The zero-order chi connectivity index (χ0) is 13.0. The number of phenols is 1. The van der Waals surface area contributed by atoms with Crippen molar-refractivity contribution in [2.75, 3.05) is 18.0 Å². The molecule has 5 heteroatoms. The summed E-state index contributed by atoms with van der Waals surface area (Å²) in [5.41, 5.74) is 6.54. The zero-order valence-electron chi connectivity index (χ0n) is 10.1. The summed E-state index contributed by atoms with van der Waals surface area (Å²) in [6, 6.07) is 3.68. The quantitative estimate of drug-likeness (QED) is 0.720. The van der Waals surface area contributed by atoms with E-state index in [9.17, 15) is 9.90 Å². The summed E-state index contributed by atoms with van der Waals surface area (Å²) < 4.78 is 0. The number of nitrogens with zero attached hydrogens (tertiary/aromatic N) is 1. The van der Waals surface area contributed by atoms with Crippen LogP contribution in [0.2, 0.25) is 0 Å². The maximum Gasteiger partial charge on any atom is 0.325 e. The van der Waals surface area contributed by atoms with Gasteiger partial charge in [-0.15, -0.1) is 0 Å². The first-order valence-electron chi connectivity index (χ1n) is 5.57. The second-order valence-corrected chi connectivity index (χ2v) is 3.73. The van der Waals surface area contributed by atoms with Crippen LogP contribution in [-0.4, -0.2) is 29.3 Å². The normalized spacial score (nSPS) is 12.2. The average molecular weight is 238 g/mol. The van der Waals surface area contributed by atoms with Crippen LogP contribution in [0.4, 0.5) is 5.69 Å². The molecule has 0 aliphatic carbocycles. The van der Waals surface area contributed by atoms with E-state index in [2.05, 4.69) is 4.90 Å². The van der Waals surface area contributed by atoms with E-state index in [0.717, 1.165) is 18.8 Å². The van der Waals surface area contributed by atoms with Gasteiger partial charge in [-0.3, -0.25) is 4.79 Å². The molecule has 1 rings (SSSR count). The molecule has 94 valence electrons. The highest BCUT2D eigenvalue weighted by Crippen LogP contribution is 2.28. The monoisotopic (exact) mass is 238 g/mol. The van der Waals surface area contributed by atoms with Gasteiger partial charge in [0.15, 0.2) is 0 Å². The van der Waals surface area contributed by atoms with E-state index in [1.54, 1.807) is 18.2 Å². The molecule has 0 spiro atoms. The molecule has 0 aliphatic rings. The van der Waals surface area contributed by atoms with Gasteiger partial charge in [-0.1, -0.05) is 6.07 Å². The topological polar surface area (TPSA) is 86.8 Å². The Morgan fingerprint density at radius 2 is 2.00 bits per heavy atom. The number of rotatable bonds is 5. The van der Waals surface area contributed by atoms with Crippen molar-refractivity contribution < 1.29 is 15.0 Å². The predicted octanol–water partition coefficient (Wildman–Crippen LogP) is 1.32. The number of hydrogen-bond acceptors (Lipinski definition) is 4. The maximum atomic E-state index is 10.7. The second kappa shape index (κ2) is 5.54. The number of benzene rings is 1. The van der Waals surface area contributed by atoms with E-state index in [-0.39, 0.29) is 11.3 Å². The third-order valence-electron chi connectivity index (χ3n) is 2.74. The van der Waals surface area contributed by atoms with E-state index in [1.165, 1.54) is 0 Å². The maximum absolute atomic E-state index is 10.7. The van der Waals surface area contributed by atoms with Gasteiger partial charge in [-0.05, 0) is 19.9 Å². The first-order valence-corrected chi connectivity index (χ1v) is 5.57. The zero-order valence-corrected chi connectivity index (χ0v) is 10.1. The van der Waals surface area contributed by atoms with Crippen molar-refractivity contribution >= 4 is 11.7 Å². The van der Waals surface area contributed by atoms with Crippen LogP contribution in [0.15, 0.2) is 18.2 Å². The lowest BCUT2D eigenvalue weighted by molar-refractivity contribution is -0.138. The molecule has 1 aromatic carbocycles. The van der Waals surface area contributed by atoms with Gasteiger partial charge in [0.05, 0.1) is 0 Å². The van der Waals surface area contributed by atoms with Crippen molar-refractivity contribution in [3.8, 4) is 5.75 Å². The molecule has 4 N–H and O–H groups in total. The Labute approximate surface area is 100 Å². The third kappa shape index (κ3) is 2.88. The molecule has 0 saturated carbocycles. The third-order valence-corrected chi connectivity index (χ3v) is 2.74. The molecule has 0 aromatic heterocycles. The highest BCUT2D eigenvalue weighted by atomic mass is 16.4. The number of carboxylic acid groups (broad SMARTS) is 1. The van der Waals surface area contributed by atoms with Gasteiger partial charge in [0.2, 0.25) is 0 Å². The van der Waals surface area contributed by atoms with Crippen LogP contribution in [0.3, 0.4) is 0 Å². The SMILES string of the molecule is CCN(CC)c1ccc(C(N)C(=O)O)c(O)c1. The van der Waals surface area contributed by atoms with Crippen LogP contribution in [0.1, 0.15) is 25.5 Å². The Balaban J connectivity index is 3.05. The minimum atomic E-state index is -1.19. The van der Waals surface area contributed by atoms with E-state index >= 15 is 0 Å². The Morgan fingerprint density at radius 3 is 2.41 bits per heavy atom. The lowest BCUT2D eigenvalue weighted by atomic mass is 10.1. The van der Waals surface area contributed by atoms with Gasteiger partial charge in [0, 0.05) is 30.4 Å². The molecule has 0 heterocycles. The smallest absolute Gasteiger partial charge is 0.325 e. The molecule has 0 aliphatic heterocycles. The van der Waals surface area contributed by atoms with Crippen molar-refractivity contribution in [3.05, 3.63) is 23.8 Å². The highest BCUT2D eigenvalue weighted by molar-refractivity contribution is 5.76. The van der Waals surface area contributed by atoms with Crippen LogP contribution in [-0.2, 0) is 4.79 Å². The fourth-order valence-electron chi connectivity index (χ4n) is 1.71. The van der Waals surface area contributed by atoms with Crippen LogP contribution < -0.4 is 10.6 Å². The fourth-order valence-corrected chi connectivity index (χ4v) is 1.71. The largest absolute Gasteiger partial charge is 0.508 e. The molecule has 0 bridgehead atoms. The van der Waals surface area contributed by atoms with Crippen LogP contribution in [0.25, 0.3) is 0 Å². The lowest BCUT2D eigenvalue weighted by Crippen LogP contribution is -2.23. The minimum Gasteiger partial charge on any atom is -0.508 e. The summed E-state index contributed by atoms with van der Waals surface area (Å²) in [6.07, 6.45) is 0. The highest BCUT2D eigenvalue weighted by Gasteiger charge is 2.18. The molecule has 17 heavy (non-hydrogen) atoms. The molecular weight excluding hydrogens is 220 g/mol. The Kier molecular flexibility index (Phi) is 4.34. The van der Waals surface area contributed by atoms with Crippen molar-refractivity contribution in [2.24, 2.45) is 5.73 Å². The van der Waals surface area contributed by atoms with E-state index in [0.29, 0.717) is 0 Å². The number of hydrogen-bond donors (Lipinski definition) is 3. The first kappa shape index (κ1) is 13.3. The van der Waals surface area contributed by atoms with Gasteiger partial charge in [0.1, 0.15) is 11.8 Å². The van der Waals surface area contributed by atoms with Crippen LogP contribution in [0.5, 0.6) is 5.75 Å². The van der Waals surface area contributed by atoms with Crippen molar-refractivity contribution in [3.63, 3.8) is 0 Å². The van der Waals surface area contributed by atoms with Crippen LogP contribution in [0, 0.1) is 0 Å². The number of aliphatic carboxylic acids is 1. The summed E-state index contributed by atoms with van der Waals surface area (Å²) >= 11 is 0. The molecule has 0 saturated heterocycles. The van der Waals surface area contributed by atoms with Crippen LogP contribution >= 0.6 is 0 Å². The number of aromatic hydroxyl groups is 1. The molecule has 1 atom stereocenters. The molecular formula is C12H18N2O3. The number of anilines is 1. The average Bonchev–Trinajstić information content (AvgIpc) is 2.30. The van der Waals surface area contributed by atoms with Gasteiger partial charge < -0.3 is 20.8 Å². The second-order valence-electron chi connectivity index (χ2n) is 3.73. The van der Waals surface area contributed by atoms with Crippen molar-refractivity contribution in [2.45, 2.75) is 19.9 Å². The van der Waals surface area contributed by atoms with Gasteiger partial charge >= 0.3 is 5.97 Å². The summed E-state index contributed by atoms with van der Waals surface area (Å²) in [7, 11) is 0. The van der Waals surface area contributed by atoms with Crippen molar-refractivity contribution in [1.82, 2.24) is 0 Å². The standard InChI is InChI=1S/C12H18N2O3/c1-3-14(4-2)8-5-6-9(10(15)7-8)11(13)12(16)17/h5-7,11,15H,3-4,13H2,1-2H3,(H,16,17). The van der Waals surface area contributed by atoms with E-state index in [4.69, 9.17) is 10.8 Å². The molecule has 0 radical (unpaired) electrons. The molecule has 0 fully saturated rings. The summed E-state index contributed by atoms with van der Waals surface area (Å²) in [6.45, 7) is 5.66. The molecule has 0 amide bonds. The van der Waals surface area contributed by atoms with Gasteiger partial charge in [-0.2, -0.15) is 0 Å². The number of carbonyl (C=O) groups is 1. The Hall–Kier alpha value is -1.75. The fraction of sp³-hybridized carbons (Fsp3) is 0.417. The number of phenolic OH excluding ortho intramolecular Hbond substituents is 1. The Bertz CT molecular complexity index is 403. The number of carboxylic acids is 1. The number of nitrogens with two attached hydrogens (primary N) is 1. The molecule has 1 aromatic rings. The van der Waals surface area contributed by atoms with Gasteiger partial charge in [-0.25, -0.2) is 0 Å². The van der Waals surface area contributed by atoms with E-state index < -0.39 is 12.0 Å². The molecule has 5 nitrogen and oxygen atoms in total. The Morgan fingerprint density at radius 1 is 1.41 bits per heavy atom. The summed E-state index contributed by atoms with van der Waals surface area (Å²) in [4.78, 5) is 12.8. The summed E-state index contributed by atoms with van der Waals surface area (Å²) in [5.74, 6) is -1.24. The first-order chi connectivity index (χ1) is 8.01.